The molecule has 0 aromatic rings. The van der Waals surface area contributed by atoms with Gasteiger partial charge >= 0.3 is 23.9 Å². The molecule has 2 bridgehead atoms. The molecule has 2 aliphatic carbocycles. The molecule has 9 nitrogen and oxygen atoms in total. The van der Waals surface area contributed by atoms with Gasteiger partial charge in [0.1, 0.15) is 18.8 Å². The molecule has 0 aromatic carbocycles. The first-order valence-electron chi connectivity index (χ1n) is 8.73. The van der Waals surface area contributed by atoms with Crippen molar-refractivity contribution in [3.63, 3.8) is 0 Å². The maximum atomic E-state index is 12.5. The molecule has 1 heterocycles. The van der Waals surface area contributed by atoms with Crippen molar-refractivity contribution in [1.82, 2.24) is 0 Å². The molecule has 3 aliphatic rings. The Hall–Kier alpha value is -2.42. The molecule has 3 fully saturated rings. The summed E-state index contributed by atoms with van der Waals surface area (Å²) in [6, 6.07) is 0. The second kappa shape index (κ2) is 7.67. The highest BCUT2D eigenvalue weighted by atomic mass is 16.6. The predicted molar refractivity (Wildman–Crippen MR) is 86.9 cm³/mol. The highest BCUT2D eigenvalue weighted by Crippen LogP contribution is 2.58. The van der Waals surface area contributed by atoms with Gasteiger partial charge in [0, 0.05) is 24.5 Å². The van der Waals surface area contributed by atoms with Crippen LogP contribution in [0.5, 0.6) is 0 Å². The van der Waals surface area contributed by atoms with Crippen molar-refractivity contribution < 1.29 is 42.9 Å². The van der Waals surface area contributed by atoms with E-state index in [1.807, 2.05) is 0 Å². The predicted octanol–water partition coefficient (Wildman–Crippen LogP) is 0.0146. The average Bonchev–Trinajstić information content (AvgIpc) is 3.23. The number of rotatable bonds is 8. The summed E-state index contributed by atoms with van der Waals surface area (Å²) < 4.78 is 25.6. The van der Waals surface area contributed by atoms with Gasteiger partial charge in [-0.2, -0.15) is 0 Å². The topological polar surface area (TPSA) is 114 Å². The summed E-state index contributed by atoms with van der Waals surface area (Å²) in [4.78, 5) is 48.1. The highest BCUT2D eigenvalue weighted by Gasteiger charge is 2.70. The zero-order valence-corrected chi connectivity index (χ0v) is 15.2. The molecule has 1 saturated heterocycles. The lowest BCUT2D eigenvalue weighted by Crippen LogP contribution is -2.44. The van der Waals surface area contributed by atoms with Gasteiger partial charge in [0.25, 0.3) is 0 Å². The summed E-state index contributed by atoms with van der Waals surface area (Å²) in [5.74, 6) is -4.28. The smallest absolute Gasteiger partial charge is 0.344 e. The molecule has 0 radical (unpaired) electrons. The van der Waals surface area contributed by atoms with Gasteiger partial charge in [-0.25, -0.2) is 9.59 Å². The van der Waals surface area contributed by atoms with E-state index in [-0.39, 0.29) is 30.6 Å². The van der Waals surface area contributed by atoms with Gasteiger partial charge < -0.3 is 23.7 Å². The summed E-state index contributed by atoms with van der Waals surface area (Å²) in [6.07, 6.45) is -0.792. The molecule has 148 valence electrons. The van der Waals surface area contributed by atoms with Crippen LogP contribution in [-0.2, 0) is 42.9 Å². The Morgan fingerprint density at radius 1 is 1.19 bits per heavy atom. The summed E-state index contributed by atoms with van der Waals surface area (Å²) in [5, 5.41) is 0. The van der Waals surface area contributed by atoms with E-state index in [9.17, 15) is 19.2 Å². The Morgan fingerprint density at radius 2 is 1.93 bits per heavy atom. The fourth-order valence-corrected chi connectivity index (χ4v) is 4.22. The minimum atomic E-state index is -0.770. The van der Waals surface area contributed by atoms with E-state index in [2.05, 4.69) is 6.58 Å². The minimum absolute atomic E-state index is 0.0791. The van der Waals surface area contributed by atoms with Gasteiger partial charge in [-0.3, -0.25) is 9.59 Å². The number of carbonyl (C=O) groups is 4. The van der Waals surface area contributed by atoms with Gasteiger partial charge in [-0.1, -0.05) is 6.58 Å². The Morgan fingerprint density at radius 3 is 2.59 bits per heavy atom. The number of ether oxygens (including phenoxy) is 5. The molecule has 3 rings (SSSR count). The van der Waals surface area contributed by atoms with Crippen molar-refractivity contribution in [3.05, 3.63) is 12.2 Å². The average molecular weight is 382 g/mol. The highest BCUT2D eigenvalue weighted by molar-refractivity contribution is 5.89. The third kappa shape index (κ3) is 3.55. The molecule has 6 atom stereocenters. The number of esters is 4. The Labute approximate surface area is 155 Å². The van der Waals surface area contributed by atoms with Crippen LogP contribution in [0.4, 0.5) is 0 Å². The maximum Gasteiger partial charge on any atom is 0.344 e. The molecule has 0 spiro atoms. The maximum absolute atomic E-state index is 12.5. The van der Waals surface area contributed by atoms with Gasteiger partial charge in [0.15, 0.2) is 6.61 Å². The third-order valence-electron chi connectivity index (χ3n) is 5.29. The molecule has 0 aromatic heterocycles. The van der Waals surface area contributed by atoms with Gasteiger partial charge in [0.05, 0.1) is 18.4 Å². The van der Waals surface area contributed by atoms with Crippen molar-refractivity contribution in [2.75, 3.05) is 26.9 Å². The fraction of sp³-hybridized carbons (Fsp3) is 0.667. The van der Waals surface area contributed by atoms with E-state index in [0.29, 0.717) is 6.42 Å². The monoisotopic (exact) mass is 382 g/mol. The van der Waals surface area contributed by atoms with E-state index in [1.54, 1.807) is 0 Å². The molecular formula is C18H22O9. The molecule has 6 unspecified atom stereocenters. The Balaban J connectivity index is 1.64. The molecule has 27 heavy (non-hydrogen) atoms. The SMILES string of the molecule is C=C(C)C(=O)OCC(=O)OC1C2CC3C1OC(=O)C3C2C(=O)OCCOC. The largest absolute Gasteiger partial charge is 0.463 e. The number of carbonyl (C=O) groups excluding carboxylic acids is 4. The van der Waals surface area contributed by atoms with E-state index in [4.69, 9.17) is 23.7 Å². The molecule has 9 heteroatoms. The molecule has 0 amide bonds. The van der Waals surface area contributed by atoms with Crippen LogP contribution >= 0.6 is 0 Å². The van der Waals surface area contributed by atoms with Crippen LogP contribution in [0, 0.1) is 23.7 Å². The minimum Gasteiger partial charge on any atom is -0.463 e. The standard InChI is InChI=1S/C18H22O9/c1-8(2)16(20)25-7-11(19)26-14-9-6-10-13(18(22)27-15(10)14)12(9)17(21)24-5-4-23-3/h9-10,12-15H,1,4-7H2,2-3H3. The zero-order chi connectivity index (χ0) is 19.7. The lowest BCUT2D eigenvalue weighted by molar-refractivity contribution is -0.171. The van der Waals surface area contributed by atoms with Crippen LogP contribution in [0.25, 0.3) is 0 Å². The second-order valence-corrected chi connectivity index (χ2v) is 6.99. The van der Waals surface area contributed by atoms with Gasteiger partial charge in [-0.05, 0) is 13.3 Å². The van der Waals surface area contributed by atoms with E-state index in [1.165, 1.54) is 14.0 Å². The van der Waals surface area contributed by atoms with Crippen LogP contribution in [0.3, 0.4) is 0 Å². The van der Waals surface area contributed by atoms with Crippen LogP contribution in [-0.4, -0.2) is 63.0 Å². The molecule has 2 saturated carbocycles. The van der Waals surface area contributed by atoms with Gasteiger partial charge in [-0.15, -0.1) is 0 Å². The number of methoxy groups -OCH3 is 1. The summed E-state index contributed by atoms with van der Waals surface area (Å²) in [7, 11) is 1.49. The fourth-order valence-electron chi connectivity index (χ4n) is 4.22. The third-order valence-corrected chi connectivity index (χ3v) is 5.29. The Bertz CT molecular complexity index is 670. The first-order valence-corrected chi connectivity index (χ1v) is 8.73. The summed E-state index contributed by atoms with van der Waals surface area (Å²) in [6.45, 7) is 4.63. The van der Waals surface area contributed by atoms with Crippen molar-refractivity contribution in [2.45, 2.75) is 25.6 Å². The summed E-state index contributed by atoms with van der Waals surface area (Å²) >= 11 is 0. The zero-order valence-electron chi connectivity index (χ0n) is 15.2. The quantitative estimate of drug-likeness (QED) is 0.248. The van der Waals surface area contributed by atoms with E-state index >= 15 is 0 Å². The number of hydrogen-bond acceptors (Lipinski definition) is 9. The van der Waals surface area contributed by atoms with Crippen LogP contribution in [0.15, 0.2) is 12.2 Å². The molecule has 0 N–H and O–H groups in total. The number of hydrogen-bond donors (Lipinski definition) is 0. The van der Waals surface area contributed by atoms with Crippen molar-refractivity contribution in [1.29, 1.82) is 0 Å². The summed E-state index contributed by atoms with van der Waals surface area (Å²) in [5.41, 5.74) is 0.161. The lowest BCUT2D eigenvalue weighted by Gasteiger charge is -2.30. The molecule has 1 aliphatic heterocycles. The van der Waals surface area contributed by atoms with Crippen molar-refractivity contribution >= 4 is 23.9 Å². The second-order valence-electron chi connectivity index (χ2n) is 6.99. The first-order chi connectivity index (χ1) is 12.8. The van der Waals surface area contributed by atoms with Crippen LogP contribution in [0.2, 0.25) is 0 Å². The van der Waals surface area contributed by atoms with E-state index in [0.717, 1.165) is 0 Å². The first kappa shape index (κ1) is 19.3. The normalized spacial score (nSPS) is 32.7. The lowest BCUT2D eigenvalue weighted by atomic mass is 9.78. The van der Waals surface area contributed by atoms with Crippen LogP contribution in [0.1, 0.15) is 13.3 Å². The number of fused-ring (bicyclic) bond motifs is 1. The van der Waals surface area contributed by atoms with E-state index < -0.39 is 54.5 Å². The van der Waals surface area contributed by atoms with Crippen molar-refractivity contribution in [3.8, 4) is 0 Å². The van der Waals surface area contributed by atoms with Crippen molar-refractivity contribution in [2.24, 2.45) is 23.7 Å². The van der Waals surface area contributed by atoms with Gasteiger partial charge in [0.2, 0.25) is 0 Å². The van der Waals surface area contributed by atoms with Crippen LogP contribution < -0.4 is 0 Å². The molecular weight excluding hydrogens is 360 g/mol. The Kier molecular flexibility index (Phi) is 5.50.